The number of carbonyl (C=O) groups excluding carboxylic acids is 2. The monoisotopic (exact) mass is 632 g/mol. The summed E-state index contributed by atoms with van der Waals surface area (Å²) in [5.74, 6) is -2.72. The smallest absolute Gasteiger partial charge is 0.333 e. The Kier molecular flexibility index (Phi) is 10.5. The summed E-state index contributed by atoms with van der Waals surface area (Å²) < 4.78 is 34.4. The first-order valence-corrected chi connectivity index (χ1v) is 14.8. The van der Waals surface area contributed by atoms with Crippen LogP contribution in [-0.2, 0) is 19.1 Å². The third kappa shape index (κ3) is 6.33. The van der Waals surface area contributed by atoms with Gasteiger partial charge in [-0.1, -0.05) is 50.3 Å². The van der Waals surface area contributed by atoms with Gasteiger partial charge in [-0.25, -0.2) is 9.59 Å². The number of aromatic hydroxyl groups is 2. The van der Waals surface area contributed by atoms with Gasteiger partial charge in [-0.05, 0) is 37.6 Å². The van der Waals surface area contributed by atoms with Gasteiger partial charge in [0.05, 0.1) is 28.4 Å². The van der Waals surface area contributed by atoms with Crippen LogP contribution < -0.4 is 18.9 Å². The quantitative estimate of drug-likeness (QED) is 0.189. The number of phenols is 2. The number of rotatable bonds is 9. The number of carbonyl (C=O) groups is 2. The lowest BCUT2D eigenvalue weighted by atomic mass is 9.74. The van der Waals surface area contributed by atoms with Crippen molar-refractivity contribution < 1.29 is 48.2 Å². The predicted octanol–water partition coefficient (Wildman–Crippen LogP) is 6.93. The molecular formula is C36H40O10. The molecule has 3 aromatic carbocycles. The van der Waals surface area contributed by atoms with Gasteiger partial charge in [-0.15, -0.1) is 0 Å². The Bertz CT molecular complexity index is 1660. The van der Waals surface area contributed by atoms with Gasteiger partial charge < -0.3 is 38.6 Å². The molecule has 0 unspecified atom stereocenters. The molecule has 10 heteroatoms. The average Bonchev–Trinajstić information content (AvgIpc) is 3.07. The van der Waals surface area contributed by atoms with E-state index in [-0.39, 0.29) is 39.9 Å². The highest BCUT2D eigenvalue weighted by Crippen LogP contribution is 2.59. The molecule has 10 nitrogen and oxygen atoms in total. The standard InChI is InChI=1S/C36H40O10/c1-9-19(2)36(40)46-33-21(4)20(3)32(45-27(37)16-15-22-13-11-10-12-14-22)23-17-25(41-5)34(43-7)30(38)28(23)29-24(33)18-26(42-6)35(44-8)31(29)39/h9-18,20-21,32-33,38-39H,1-8H3/b16-15+,19-9-/t20-,21+,32+,33+/m0/s1. The summed E-state index contributed by atoms with van der Waals surface area (Å²) in [5.41, 5.74) is 2.00. The van der Waals surface area contributed by atoms with Gasteiger partial charge in [-0.3, -0.25) is 0 Å². The van der Waals surface area contributed by atoms with Gasteiger partial charge in [0.15, 0.2) is 23.0 Å². The fourth-order valence-corrected chi connectivity index (χ4v) is 5.64. The molecule has 1 aliphatic carbocycles. The topological polar surface area (TPSA) is 130 Å². The van der Waals surface area contributed by atoms with Crippen molar-refractivity contribution in [3.8, 4) is 45.6 Å². The van der Waals surface area contributed by atoms with Crippen molar-refractivity contribution in [3.63, 3.8) is 0 Å². The van der Waals surface area contributed by atoms with E-state index in [0.717, 1.165) is 5.56 Å². The van der Waals surface area contributed by atoms with Crippen molar-refractivity contribution in [2.24, 2.45) is 11.8 Å². The minimum Gasteiger partial charge on any atom is -0.504 e. The predicted molar refractivity (Wildman–Crippen MR) is 172 cm³/mol. The number of fused-ring (bicyclic) bond motifs is 3. The molecule has 0 saturated heterocycles. The molecule has 1 aliphatic rings. The van der Waals surface area contributed by atoms with Crippen molar-refractivity contribution in [1.29, 1.82) is 0 Å². The van der Waals surface area contributed by atoms with Crippen LogP contribution in [0.25, 0.3) is 17.2 Å². The van der Waals surface area contributed by atoms with Crippen LogP contribution in [0.2, 0.25) is 0 Å². The zero-order valence-corrected chi connectivity index (χ0v) is 27.2. The molecule has 0 radical (unpaired) electrons. The van der Waals surface area contributed by atoms with Crippen molar-refractivity contribution >= 4 is 18.0 Å². The maximum Gasteiger partial charge on any atom is 0.333 e. The Balaban J connectivity index is 2.07. The molecule has 4 rings (SSSR count). The maximum absolute atomic E-state index is 13.4. The van der Waals surface area contributed by atoms with Gasteiger partial charge in [0, 0.05) is 45.7 Å². The van der Waals surface area contributed by atoms with Gasteiger partial charge in [0.2, 0.25) is 11.5 Å². The Hall–Kier alpha value is -5.12. The fraction of sp³-hybridized carbons (Fsp3) is 0.333. The van der Waals surface area contributed by atoms with Crippen LogP contribution in [0.5, 0.6) is 34.5 Å². The zero-order chi connectivity index (χ0) is 33.7. The Morgan fingerprint density at radius 3 is 1.65 bits per heavy atom. The number of hydrogen-bond acceptors (Lipinski definition) is 10. The largest absolute Gasteiger partial charge is 0.504 e. The SMILES string of the molecule is C/C=C(/C)C(=O)O[C@H]1c2cc(OC)c(OC)c(O)c2-c2c(cc(OC)c(OC)c2O)[C@H](OC(=O)/C=C/c2ccccc2)[C@@H](C)[C@H]1C. The normalized spacial score (nSPS) is 19.3. The van der Waals surface area contributed by atoms with E-state index in [1.54, 1.807) is 38.1 Å². The molecule has 46 heavy (non-hydrogen) atoms. The highest BCUT2D eigenvalue weighted by molar-refractivity contribution is 5.91. The molecule has 0 amide bonds. The molecule has 2 N–H and O–H groups in total. The Labute approximate surface area is 268 Å². The van der Waals surface area contributed by atoms with E-state index in [0.29, 0.717) is 16.7 Å². The number of allylic oxidation sites excluding steroid dienone is 1. The molecule has 0 bridgehead atoms. The molecule has 0 spiro atoms. The molecule has 0 saturated carbocycles. The first-order chi connectivity index (χ1) is 22.0. The summed E-state index contributed by atoms with van der Waals surface area (Å²) in [7, 11) is 5.56. The first kappa shape index (κ1) is 33.8. The number of phenolic OH excluding ortho intramolecular Hbond substituents is 2. The lowest BCUT2D eigenvalue weighted by molar-refractivity contribution is -0.155. The minimum absolute atomic E-state index is 0.0169. The number of esters is 2. The summed E-state index contributed by atoms with van der Waals surface area (Å²) in [6.07, 6.45) is 2.56. The lowest BCUT2D eigenvalue weighted by Crippen LogP contribution is -2.31. The molecular weight excluding hydrogens is 592 g/mol. The number of methoxy groups -OCH3 is 4. The van der Waals surface area contributed by atoms with Crippen LogP contribution >= 0.6 is 0 Å². The highest BCUT2D eigenvalue weighted by atomic mass is 16.6. The van der Waals surface area contributed by atoms with Crippen LogP contribution in [0, 0.1) is 11.8 Å². The molecule has 244 valence electrons. The van der Waals surface area contributed by atoms with Gasteiger partial charge >= 0.3 is 11.9 Å². The van der Waals surface area contributed by atoms with Gasteiger partial charge in [0.1, 0.15) is 12.2 Å². The third-order valence-corrected chi connectivity index (χ3v) is 8.44. The second-order valence-corrected chi connectivity index (χ2v) is 11.0. The summed E-state index contributed by atoms with van der Waals surface area (Å²) in [6, 6.07) is 12.5. The molecule has 0 fully saturated rings. The summed E-state index contributed by atoms with van der Waals surface area (Å²) >= 11 is 0. The Morgan fingerprint density at radius 1 is 0.739 bits per heavy atom. The van der Waals surface area contributed by atoms with Crippen molar-refractivity contribution in [1.82, 2.24) is 0 Å². The van der Waals surface area contributed by atoms with Crippen molar-refractivity contribution in [3.05, 3.63) is 76.9 Å². The summed E-state index contributed by atoms with van der Waals surface area (Å²) in [5, 5.41) is 23.6. The first-order valence-electron chi connectivity index (χ1n) is 14.8. The molecule has 3 aromatic rings. The van der Waals surface area contributed by atoms with Gasteiger partial charge in [0.25, 0.3) is 0 Å². The second-order valence-electron chi connectivity index (χ2n) is 11.0. The molecule has 4 atom stereocenters. The maximum atomic E-state index is 13.4. The second kappa shape index (κ2) is 14.3. The van der Waals surface area contributed by atoms with Crippen LogP contribution in [-0.4, -0.2) is 50.6 Å². The fourth-order valence-electron chi connectivity index (χ4n) is 5.64. The molecule has 0 heterocycles. The van der Waals surface area contributed by atoms with Crippen LogP contribution in [0.3, 0.4) is 0 Å². The lowest BCUT2D eigenvalue weighted by Gasteiger charge is -2.38. The van der Waals surface area contributed by atoms with E-state index in [2.05, 4.69) is 0 Å². The van der Waals surface area contributed by atoms with Crippen LogP contribution in [0.15, 0.2) is 60.2 Å². The van der Waals surface area contributed by atoms with E-state index in [4.69, 9.17) is 28.4 Å². The van der Waals surface area contributed by atoms with Crippen molar-refractivity contribution in [2.45, 2.75) is 39.9 Å². The number of ether oxygens (including phenoxy) is 6. The van der Waals surface area contributed by atoms with Crippen LogP contribution in [0.1, 0.15) is 56.6 Å². The van der Waals surface area contributed by atoms with Gasteiger partial charge in [-0.2, -0.15) is 0 Å². The average molecular weight is 633 g/mol. The third-order valence-electron chi connectivity index (χ3n) is 8.44. The van der Waals surface area contributed by atoms with E-state index in [9.17, 15) is 19.8 Å². The van der Waals surface area contributed by atoms with Crippen LogP contribution in [0.4, 0.5) is 0 Å². The van der Waals surface area contributed by atoms with E-state index < -0.39 is 41.7 Å². The van der Waals surface area contributed by atoms with E-state index in [1.807, 2.05) is 44.2 Å². The number of benzene rings is 3. The summed E-state index contributed by atoms with van der Waals surface area (Å²) in [6.45, 7) is 7.07. The van der Waals surface area contributed by atoms with E-state index in [1.165, 1.54) is 34.5 Å². The molecule has 0 aromatic heterocycles. The summed E-state index contributed by atoms with van der Waals surface area (Å²) in [4.78, 5) is 26.6. The number of hydrogen-bond donors (Lipinski definition) is 2. The zero-order valence-electron chi connectivity index (χ0n) is 27.2. The molecule has 0 aliphatic heterocycles. The van der Waals surface area contributed by atoms with E-state index >= 15 is 0 Å². The van der Waals surface area contributed by atoms with Crippen molar-refractivity contribution in [2.75, 3.05) is 28.4 Å². The highest BCUT2D eigenvalue weighted by Gasteiger charge is 2.43. The Morgan fingerprint density at radius 2 is 1.22 bits per heavy atom. The minimum atomic E-state index is -1.02.